The molecule has 0 saturated heterocycles. The first-order chi connectivity index (χ1) is 9.71. The SMILES string of the molecule is CC(C)CC(CN)C(=O)Nc1cccc(NS(C)(=O)=O)c1. The van der Waals surface area contributed by atoms with Gasteiger partial charge in [-0.3, -0.25) is 9.52 Å². The molecule has 1 aromatic rings. The van der Waals surface area contributed by atoms with Crippen LogP contribution in [0.15, 0.2) is 24.3 Å². The van der Waals surface area contributed by atoms with E-state index in [1.807, 2.05) is 13.8 Å². The van der Waals surface area contributed by atoms with E-state index >= 15 is 0 Å². The third kappa shape index (κ3) is 6.59. The Labute approximate surface area is 126 Å². The van der Waals surface area contributed by atoms with Crippen molar-refractivity contribution in [2.75, 3.05) is 22.8 Å². The monoisotopic (exact) mass is 313 g/mol. The fraction of sp³-hybridized carbons (Fsp3) is 0.500. The summed E-state index contributed by atoms with van der Waals surface area (Å²) < 4.78 is 24.8. The highest BCUT2D eigenvalue weighted by atomic mass is 32.2. The van der Waals surface area contributed by atoms with Crippen molar-refractivity contribution in [2.24, 2.45) is 17.6 Å². The number of hydrogen-bond donors (Lipinski definition) is 3. The normalized spacial score (nSPS) is 13.0. The largest absolute Gasteiger partial charge is 0.330 e. The molecule has 0 aliphatic rings. The molecule has 0 fully saturated rings. The predicted molar refractivity (Wildman–Crippen MR) is 85.5 cm³/mol. The van der Waals surface area contributed by atoms with E-state index in [1.165, 1.54) is 0 Å². The highest BCUT2D eigenvalue weighted by molar-refractivity contribution is 7.92. The maximum Gasteiger partial charge on any atom is 0.229 e. The molecule has 0 bridgehead atoms. The number of carbonyl (C=O) groups excluding carboxylic acids is 1. The Balaban J connectivity index is 2.78. The second-order valence-electron chi connectivity index (χ2n) is 5.51. The third-order valence-corrected chi connectivity index (χ3v) is 3.45. The van der Waals surface area contributed by atoms with Gasteiger partial charge in [0.25, 0.3) is 0 Å². The summed E-state index contributed by atoms with van der Waals surface area (Å²) in [5.74, 6) is -0.0261. The molecule has 0 saturated carbocycles. The van der Waals surface area contributed by atoms with Gasteiger partial charge in [0.05, 0.1) is 17.9 Å². The summed E-state index contributed by atoms with van der Waals surface area (Å²) in [5.41, 5.74) is 6.58. The number of nitrogens with one attached hydrogen (secondary N) is 2. The van der Waals surface area contributed by atoms with E-state index in [9.17, 15) is 13.2 Å². The van der Waals surface area contributed by atoms with Crippen LogP contribution in [0.25, 0.3) is 0 Å². The molecule has 21 heavy (non-hydrogen) atoms. The Kier molecular flexibility index (Phi) is 6.17. The molecule has 6 nitrogen and oxygen atoms in total. The topological polar surface area (TPSA) is 101 Å². The van der Waals surface area contributed by atoms with E-state index in [0.717, 1.165) is 6.26 Å². The van der Waals surface area contributed by atoms with Crippen molar-refractivity contribution in [3.63, 3.8) is 0 Å². The average Bonchev–Trinajstić information content (AvgIpc) is 2.33. The molecule has 1 atom stereocenters. The van der Waals surface area contributed by atoms with Crippen molar-refractivity contribution in [3.8, 4) is 0 Å². The summed E-state index contributed by atoms with van der Waals surface area (Å²) in [4.78, 5) is 12.1. The molecule has 118 valence electrons. The third-order valence-electron chi connectivity index (χ3n) is 2.84. The lowest BCUT2D eigenvalue weighted by molar-refractivity contribution is -0.120. The van der Waals surface area contributed by atoms with Crippen LogP contribution in [-0.2, 0) is 14.8 Å². The van der Waals surface area contributed by atoms with Crippen LogP contribution < -0.4 is 15.8 Å². The van der Waals surface area contributed by atoms with Gasteiger partial charge in [0.2, 0.25) is 15.9 Å². The standard InChI is InChI=1S/C14H23N3O3S/c1-10(2)7-11(9-15)14(18)16-12-5-4-6-13(8-12)17-21(3,19)20/h4-6,8,10-11,17H,7,9,15H2,1-3H3,(H,16,18). The zero-order valence-electron chi connectivity index (χ0n) is 12.6. The molecule has 0 aliphatic heterocycles. The maximum atomic E-state index is 12.1. The van der Waals surface area contributed by atoms with Crippen molar-refractivity contribution >= 4 is 27.3 Å². The fourth-order valence-corrected chi connectivity index (χ4v) is 2.55. The summed E-state index contributed by atoms with van der Waals surface area (Å²) in [6.07, 6.45) is 1.79. The number of rotatable bonds is 7. The van der Waals surface area contributed by atoms with E-state index in [4.69, 9.17) is 5.73 Å². The number of hydrogen-bond acceptors (Lipinski definition) is 4. The smallest absolute Gasteiger partial charge is 0.229 e. The second kappa shape index (κ2) is 7.42. The van der Waals surface area contributed by atoms with Gasteiger partial charge < -0.3 is 11.1 Å². The minimum atomic E-state index is -3.34. The molecule has 1 aromatic carbocycles. The summed E-state index contributed by atoms with van der Waals surface area (Å²) in [7, 11) is -3.34. The molecule has 1 amide bonds. The first-order valence-electron chi connectivity index (χ1n) is 6.80. The van der Waals surface area contributed by atoms with E-state index < -0.39 is 10.0 Å². The molecule has 1 unspecified atom stereocenters. The van der Waals surface area contributed by atoms with Crippen molar-refractivity contribution in [2.45, 2.75) is 20.3 Å². The number of sulfonamides is 1. The Morgan fingerprint density at radius 3 is 2.43 bits per heavy atom. The summed E-state index contributed by atoms with van der Waals surface area (Å²) >= 11 is 0. The molecule has 1 rings (SSSR count). The van der Waals surface area contributed by atoms with E-state index in [1.54, 1.807) is 24.3 Å². The quantitative estimate of drug-likeness (QED) is 0.712. The van der Waals surface area contributed by atoms with Crippen molar-refractivity contribution in [1.29, 1.82) is 0 Å². The molecule has 7 heteroatoms. The molecule has 0 aliphatic carbocycles. The van der Waals surface area contributed by atoms with Crippen molar-refractivity contribution in [1.82, 2.24) is 0 Å². The van der Waals surface area contributed by atoms with Crippen molar-refractivity contribution < 1.29 is 13.2 Å². The fourth-order valence-electron chi connectivity index (χ4n) is 2.00. The predicted octanol–water partition coefficient (Wildman–Crippen LogP) is 1.62. The molecular formula is C14H23N3O3S. The zero-order valence-corrected chi connectivity index (χ0v) is 13.4. The molecular weight excluding hydrogens is 290 g/mol. The first-order valence-corrected chi connectivity index (χ1v) is 8.69. The van der Waals surface area contributed by atoms with Gasteiger partial charge in [0, 0.05) is 12.2 Å². The number of benzene rings is 1. The summed E-state index contributed by atoms with van der Waals surface area (Å²) in [6, 6.07) is 6.56. The molecule has 0 aromatic heterocycles. The van der Waals surface area contributed by atoms with Crippen LogP contribution in [0, 0.1) is 11.8 Å². The number of nitrogens with two attached hydrogens (primary N) is 1. The Bertz CT molecular complexity index is 585. The van der Waals surface area contributed by atoms with Gasteiger partial charge in [0.15, 0.2) is 0 Å². The second-order valence-corrected chi connectivity index (χ2v) is 7.25. The maximum absolute atomic E-state index is 12.1. The first kappa shape index (κ1) is 17.5. The van der Waals surface area contributed by atoms with Gasteiger partial charge in [-0.1, -0.05) is 19.9 Å². The van der Waals surface area contributed by atoms with E-state index in [2.05, 4.69) is 10.0 Å². The van der Waals surface area contributed by atoms with Crippen molar-refractivity contribution in [3.05, 3.63) is 24.3 Å². The lowest BCUT2D eigenvalue weighted by Crippen LogP contribution is -2.30. The van der Waals surface area contributed by atoms with Crippen LogP contribution in [0.2, 0.25) is 0 Å². The van der Waals surface area contributed by atoms with E-state index in [-0.39, 0.29) is 18.4 Å². The highest BCUT2D eigenvalue weighted by Gasteiger charge is 2.18. The van der Waals surface area contributed by atoms with Crippen LogP contribution >= 0.6 is 0 Å². The Morgan fingerprint density at radius 2 is 1.90 bits per heavy atom. The van der Waals surface area contributed by atoms with Crippen LogP contribution in [0.3, 0.4) is 0 Å². The minimum Gasteiger partial charge on any atom is -0.330 e. The molecule has 0 radical (unpaired) electrons. The van der Waals surface area contributed by atoms with Crippen LogP contribution in [0.1, 0.15) is 20.3 Å². The van der Waals surface area contributed by atoms with Gasteiger partial charge in [-0.25, -0.2) is 8.42 Å². The molecule has 4 N–H and O–H groups in total. The lowest BCUT2D eigenvalue weighted by atomic mass is 9.96. The highest BCUT2D eigenvalue weighted by Crippen LogP contribution is 2.18. The Hall–Kier alpha value is -1.60. The summed E-state index contributed by atoms with van der Waals surface area (Å²) in [5, 5.41) is 2.77. The van der Waals surface area contributed by atoms with Gasteiger partial charge >= 0.3 is 0 Å². The van der Waals surface area contributed by atoms with Gasteiger partial charge in [0.1, 0.15) is 0 Å². The van der Waals surface area contributed by atoms with Gasteiger partial charge in [-0.05, 0) is 30.5 Å². The zero-order chi connectivity index (χ0) is 16.0. The van der Waals surface area contributed by atoms with Gasteiger partial charge in [-0.2, -0.15) is 0 Å². The number of anilines is 2. The summed E-state index contributed by atoms with van der Waals surface area (Å²) in [6.45, 7) is 4.35. The van der Waals surface area contributed by atoms with E-state index in [0.29, 0.717) is 23.7 Å². The van der Waals surface area contributed by atoms with Gasteiger partial charge in [-0.15, -0.1) is 0 Å². The van der Waals surface area contributed by atoms with Crippen LogP contribution in [0.5, 0.6) is 0 Å². The molecule has 0 spiro atoms. The average molecular weight is 313 g/mol. The minimum absolute atomic E-state index is 0.150. The van der Waals surface area contributed by atoms with Crippen LogP contribution in [0.4, 0.5) is 11.4 Å². The van der Waals surface area contributed by atoms with Crippen LogP contribution in [-0.4, -0.2) is 27.1 Å². The number of amides is 1. The molecule has 0 heterocycles. The number of carbonyl (C=O) groups is 1. The lowest BCUT2D eigenvalue weighted by Gasteiger charge is -2.17. The Morgan fingerprint density at radius 1 is 1.29 bits per heavy atom.